The fraction of sp³-hybridized carbons (Fsp3) is 0.714. The molecule has 0 spiro atoms. The highest BCUT2D eigenvalue weighted by atomic mass is 14.4. The summed E-state index contributed by atoms with van der Waals surface area (Å²) in [5.74, 6) is 2.82. The zero-order valence-electron chi connectivity index (χ0n) is 9.17. The first kappa shape index (κ1) is 10.0. The molecule has 2 fully saturated rings. The molecular weight excluding hydrogens is 168 g/mol. The van der Waals surface area contributed by atoms with E-state index in [4.69, 9.17) is 0 Å². The van der Waals surface area contributed by atoms with Crippen molar-refractivity contribution in [1.29, 1.82) is 0 Å². The first-order valence-electron chi connectivity index (χ1n) is 6.12. The van der Waals surface area contributed by atoms with Crippen LogP contribution in [0.1, 0.15) is 44.9 Å². The summed E-state index contributed by atoms with van der Waals surface area (Å²) in [6, 6.07) is 0. The lowest BCUT2D eigenvalue weighted by Gasteiger charge is -2.39. The largest absolute Gasteiger partial charge is 0.0988 e. The van der Waals surface area contributed by atoms with E-state index in [-0.39, 0.29) is 0 Å². The van der Waals surface area contributed by atoms with E-state index in [1.165, 1.54) is 50.5 Å². The molecular formula is C14H22. The molecule has 2 saturated carbocycles. The zero-order valence-corrected chi connectivity index (χ0v) is 9.17. The summed E-state index contributed by atoms with van der Waals surface area (Å²) in [4.78, 5) is 0. The molecule has 0 amide bonds. The first-order valence-corrected chi connectivity index (χ1v) is 6.12. The van der Waals surface area contributed by atoms with Crippen LogP contribution in [0.25, 0.3) is 0 Å². The molecule has 0 aromatic heterocycles. The molecule has 2 rings (SSSR count). The standard InChI is InChI=1S/C14H22/c1-3-11(2)13-9-8-12-6-4-5-7-14(12)10-13/h3,12-14H,1-2,4-10H2. The average Bonchev–Trinajstić information content (AvgIpc) is 2.27. The molecule has 0 N–H and O–H groups in total. The zero-order chi connectivity index (χ0) is 9.97. The third kappa shape index (κ3) is 1.94. The molecule has 14 heavy (non-hydrogen) atoms. The highest BCUT2D eigenvalue weighted by Crippen LogP contribution is 2.44. The summed E-state index contributed by atoms with van der Waals surface area (Å²) >= 11 is 0. The Hall–Kier alpha value is -0.520. The molecule has 2 aliphatic carbocycles. The van der Waals surface area contributed by atoms with E-state index >= 15 is 0 Å². The van der Waals surface area contributed by atoms with Crippen LogP contribution in [-0.4, -0.2) is 0 Å². The van der Waals surface area contributed by atoms with Crippen molar-refractivity contribution in [3.8, 4) is 0 Å². The molecule has 0 nitrogen and oxygen atoms in total. The van der Waals surface area contributed by atoms with Crippen LogP contribution in [0.4, 0.5) is 0 Å². The van der Waals surface area contributed by atoms with E-state index < -0.39 is 0 Å². The molecule has 0 aliphatic heterocycles. The fourth-order valence-corrected chi connectivity index (χ4v) is 3.38. The van der Waals surface area contributed by atoms with E-state index in [0.29, 0.717) is 0 Å². The number of allylic oxidation sites excluding steroid dienone is 2. The Morgan fingerprint density at radius 1 is 1.00 bits per heavy atom. The van der Waals surface area contributed by atoms with E-state index in [9.17, 15) is 0 Å². The van der Waals surface area contributed by atoms with Gasteiger partial charge in [-0.25, -0.2) is 0 Å². The Balaban J connectivity index is 1.95. The molecule has 0 heteroatoms. The van der Waals surface area contributed by atoms with Crippen molar-refractivity contribution in [2.75, 3.05) is 0 Å². The van der Waals surface area contributed by atoms with Gasteiger partial charge in [-0.15, -0.1) is 0 Å². The molecule has 0 aromatic carbocycles. The second kappa shape index (κ2) is 4.33. The lowest BCUT2D eigenvalue weighted by Crippen LogP contribution is -2.28. The van der Waals surface area contributed by atoms with Gasteiger partial charge in [-0.05, 0) is 37.0 Å². The second-order valence-corrected chi connectivity index (χ2v) is 5.09. The monoisotopic (exact) mass is 190 g/mol. The van der Waals surface area contributed by atoms with Gasteiger partial charge in [0, 0.05) is 0 Å². The summed E-state index contributed by atoms with van der Waals surface area (Å²) < 4.78 is 0. The van der Waals surface area contributed by atoms with Crippen molar-refractivity contribution in [2.45, 2.75) is 44.9 Å². The Morgan fingerprint density at radius 2 is 1.71 bits per heavy atom. The van der Waals surface area contributed by atoms with Crippen molar-refractivity contribution >= 4 is 0 Å². The van der Waals surface area contributed by atoms with Gasteiger partial charge in [0.15, 0.2) is 0 Å². The maximum Gasteiger partial charge on any atom is -0.0165 e. The van der Waals surface area contributed by atoms with Crippen molar-refractivity contribution in [3.63, 3.8) is 0 Å². The smallest absolute Gasteiger partial charge is 0.0165 e. The molecule has 3 unspecified atom stereocenters. The molecule has 0 heterocycles. The lowest BCUT2D eigenvalue weighted by atomic mass is 9.66. The Morgan fingerprint density at radius 3 is 2.43 bits per heavy atom. The SMILES string of the molecule is C=CC(=C)C1CCC2CCCCC2C1. The summed E-state index contributed by atoms with van der Waals surface area (Å²) in [5, 5.41) is 0. The van der Waals surface area contributed by atoms with Gasteiger partial charge in [-0.1, -0.05) is 50.5 Å². The first-order chi connectivity index (χ1) is 6.81. The molecule has 0 radical (unpaired) electrons. The van der Waals surface area contributed by atoms with Crippen LogP contribution in [-0.2, 0) is 0 Å². The molecule has 2 aliphatic rings. The van der Waals surface area contributed by atoms with Crippen LogP contribution in [0.2, 0.25) is 0 Å². The van der Waals surface area contributed by atoms with Gasteiger partial charge < -0.3 is 0 Å². The van der Waals surface area contributed by atoms with Crippen LogP contribution in [0.15, 0.2) is 24.8 Å². The summed E-state index contributed by atoms with van der Waals surface area (Å²) in [6.45, 7) is 7.96. The Labute approximate surface area is 88.1 Å². The topological polar surface area (TPSA) is 0 Å². The van der Waals surface area contributed by atoms with Crippen LogP contribution in [0.3, 0.4) is 0 Å². The summed E-state index contributed by atoms with van der Waals surface area (Å²) in [7, 11) is 0. The Kier molecular flexibility index (Phi) is 3.10. The molecule has 0 saturated heterocycles. The van der Waals surface area contributed by atoms with Crippen molar-refractivity contribution in [2.24, 2.45) is 17.8 Å². The van der Waals surface area contributed by atoms with E-state index in [1.54, 1.807) is 0 Å². The van der Waals surface area contributed by atoms with Gasteiger partial charge in [0.1, 0.15) is 0 Å². The minimum atomic E-state index is 0.756. The minimum absolute atomic E-state index is 0.756. The minimum Gasteiger partial charge on any atom is -0.0988 e. The van der Waals surface area contributed by atoms with Crippen LogP contribution in [0.5, 0.6) is 0 Å². The maximum atomic E-state index is 4.12. The molecule has 78 valence electrons. The predicted octanol–water partition coefficient (Wildman–Crippen LogP) is 4.34. The molecule has 0 aromatic rings. The Bertz CT molecular complexity index is 226. The van der Waals surface area contributed by atoms with Gasteiger partial charge >= 0.3 is 0 Å². The molecule has 0 bridgehead atoms. The van der Waals surface area contributed by atoms with E-state index in [2.05, 4.69) is 13.2 Å². The number of fused-ring (bicyclic) bond motifs is 1. The van der Waals surface area contributed by atoms with Crippen molar-refractivity contribution < 1.29 is 0 Å². The van der Waals surface area contributed by atoms with Crippen LogP contribution in [0, 0.1) is 17.8 Å². The van der Waals surface area contributed by atoms with Gasteiger partial charge in [-0.3, -0.25) is 0 Å². The number of rotatable bonds is 2. The third-order valence-electron chi connectivity index (χ3n) is 4.33. The van der Waals surface area contributed by atoms with Gasteiger partial charge in [0.2, 0.25) is 0 Å². The van der Waals surface area contributed by atoms with E-state index in [0.717, 1.165) is 17.8 Å². The number of hydrogen-bond acceptors (Lipinski definition) is 0. The molecule has 3 atom stereocenters. The fourth-order valence-electron chi connectivity index (χ4n) is 3.38. The van der Waals surface area contributed by atoms with Gasteiger partial charge in [0.25, 0.3) is 0 Å². The quantitative estimate of drug-likeness (QED) is 0.568. The lowest BCUT2D eigenvalue weighted by molar-refractivity contribution is 0.144. The van der Waals surface area contributed by atoms with Crippen molar-refractivity contribution in [1.82, 2.24) is 0 Å². The maximum absolute atomic E-state index is 4.12. The third-order valence-corrected chi connectivity index (χ3v) is 4.33. The summed E-state index contributed by atoms with van der Waals surface area (Å²) in [5.41, 5.74) is 1.29. The highest BCUT2D eigenvalue weighted by molar-refractivity contribution is 5.16. The van der Waals surface area contributed by atoms with Crippen molar-refractivity contribution in [3.05, 3.63) is 24.8 Å². The normalized spacial score (nSPS) is 37.3. The van der Waals surface area contributed by atoms with Crippen LogP contribution >= 0.6 is 0 Å². The van der Waals surface area contributed by atoms with Gasteiger partial charge in [-0.2, -0.15) is 0 Å². The average molecular weight is 190 g/mol. The highest BCUT2D eigenvalue weighted by Gasteiger charge is 2.32. The van der Waals surface area contributed by atoms with E-state index in [1.807, 2.05) is 6.08 Å². The predicted molar refractivity (Wildman–Crippen MR) is 62.1 cm³/mol. The second-order valence-electron chi connectivity index (χ2n) is 5.09. The van der Waals surface area contributed by atoms with Crippen LogP contribution < -0.4 is 0 Å². The summed E-state index contributed by atoms with van der Waals surface area (Å²) in [6.07, 6.45) is 12.1. The van der Waals surface area contributed by atoms with Gasteiger partial charge in [0.05, 0.1) is 0 Å². The number of hydrogen-bond donors (Lipinski definition) is 0.